The highest BCUT2D eigenvalue weighted by Crippen LogP contribution is 2.42. The predicted octanol–water partition coefficient (Wildman–Crippen LogP) is 2.22. The molecule has 1 fully saturated rings. The van der Waals surface area contributed by atoms with Gasteiger partial charge in [0.25, 0.3) is 0 Å². The Morgan fingerprint density at radius 2 is 1.89 bits per heavy atom. The van der Waals surface area contributed by atoms with Crippen LogP contribution in [0.5, 0.6) is 0 Å². The minimum absolute atomic E-state index is 0.0370. The quantitative estimate of drug-likeness (QED) is 0.260. The molecule has 2 amide bonds. The molecule has 1 saturated heterocycles. The molecule has 3 N–H and O–H groups in total. The van der Waals surface area contributed by atoms with Crippen LogP contribution in [0.15, 0.2) is 18.5 Å². The first-order chi connectivity index (χ1) is 20.5. The Balaban J connectivity index is 1.92. The highest BCUT2D eigenvalue weighted by atomic mass is 16.6. The Labute approximate surface area is 255 Å². The number of aromatic nitrogens is 3. The molecule has 15 heteroatoms. The third kappa shape index (κ3) is 7.43. The van der Waals surface area contributed by atoms with Crippen molar-refractivity contribution in [2.45, 2.75) is 97.4 Å². The molecule has 0 radical (unpaired) electrons. The number of nitrogens with zero attached hydrogens (tertiary/aromatic N) is 4. The first kappa shape index (κ1) is 34.2. The van der Waals surface area contributed by atoms with Crippen LogP contribution in [0.1, 0.15) is 67.5 Å². The number of hydrogen-bond acceptors (Lipinski definition) is 12. The molecule has 1 aliphatic rings. The summed E-state index contributed by atoms with van der Waals surface area (Å²) in [7, 11) is 0. The molecule has 2 aromatic rings. The van der Waals surface area contributed by atoms with Gasteiger partial charge in [-0.1, -0.05) is 34.6 Å². The molecule has 0 aromatic carbocycles. The number of nitriles is 1. The number of anilines is 1. The van der Waals surface area contributed by atoms with Crippen molar-refractivity contribution in [2.24, 2.45) is 11.8 Å². The van der Waals surface area contributed by atoms with Crippen molar-refractivity contribution >= 4 is 35.3 Å². The number of fused-ring (bicyclic) bond motifs is 1. The lowest BCUT2D eigenvalue weighted by Crippen LogP contribution is -2.48. The molecule has 15 nitrogen and oxygen atoms in total. The smallest absolute Gasteiger partial charge is 0.408 e. The van der Waals surface area contributed by atoms with Crippen molar-refractivity contribution in [3.63, 3.8) is 0 Å². The van der Waals surface area contributed by atoms with E-state index in [0.717, 1.165) is 6.33 Å². The van der Waals surface area contributed by atoms with E-state index in [1.54, 1.807) is 55.4 Å². The van der Waals surface area contributed by atoms with Crippen molar-refractivity contribution in [1.29, 1.82) is 5.26 Å². The molecule has 240 valence electrons. The SMILES string of the molecule is CCC(=O)O[C@H]1[C@@H](O)[C@](C#N)(c2ccc3c(NC(=O)C(C)C)ncnn23)O[C@@H]1COC(=O)[C@@H](NC(=O)OC(C)(C)C)C(C)C. The average molecular weight is 617 g/mol. The molecule has 3 rings (SSSR count). The highest BCUT2D eigenvalue weighted by Gasteiger charge is 2.60. The number of alkyl carbamates (subject to hydrolysis) is 1. The van der Waals surface area contributed by atoms with Gasteiger partial charge in [-0.15, -0.1) is 0 Å². The number of rotatable bonds is 10. The lowest BCUT2D eigenvalue weighted by molar-refractivity contribution is -0.161. The van der Waals surface area contributed by atoms with Crippen molar-refractivity contribution in [1.82, 2.24) is 19.9 Å². The number of ether oxygens (including phenoxy) is 4. The average Bonchev–Trinajstić information content (AvgIpc) is 3.49. The van der Waals surface area contributed by atoms with Gasteiger partial charge >= 0.3 is 18.0 Å². The van der Waals surface area contributed by atoms with Crippen molar-refractivity contribution in [2.75, 3.05) is 11.9 Å². The van der Waals surface area contributed by atoms with E-state index in [2.05, 4.69) is 20.7 Å². The third-order valence-electron chi connectivity index (χ3n) is 6.73. The van der Waals surface area contributed by atoms with Gasteiger partial charge in [0, 0.05) is 12.3 Å². The number of carbonyl (C=O) groups is 4. The fourth-order valence-corrected chi connectivity index (χ4v) is 4.43. The fraction of sp³-hybridized carbons (Fsp3) is 0.621. The molecule has 44 heavy (non-hydrogen) atoms. The Morgan fingerprint density at radius 1 is 1.20 bits per heavy atom. The topological polar surface area (TPSA) is 203 Å². The van der Waals surface area contributed by atoms with Crippen LogP contribution in [0, 0.1) is 23.2 Å². The summed E-state index contributed by atoms with van der Waals surface area (Å²) in [6.07, 6.45) is -4.13. The van der Waals surface area contributed by atoms with E-state index in [-0.39, 0.29) is 29.8 Å². The largest absolute Gasteiger partial charge is 0.461 e. The summed E-state index contributed by atoms with van der Waals surface area (Å²) in [4.78, 5) is 54.2. The molecule has 0 bridgehead atoms. The van der Waals surface area contributed by atoms with E-state index in [0.29, 0.717) is 5.52 Å². The maximum atomic E-state index is 13.1. The minimum Gasteiger partial charge on any atom is -0.461 e. The Hall–Kier alpha value is -4.29. The van der Waals surface area contributed by atoms with Crippen LogP contribution in [0.3, 0.4) is 0 Å². The zero-order chi connectivity index (χ0) is 33.0. The van der Waals surface area contributed by atoms with Gasteiger partial charge < -0.3 is 34.7 Å². The first-order valence-corrected chi connectivity index (χ1v) is 14.3. The van der Waals surface area contributed by atoms with Gasteiger partial charge in [-0.05, 0) is 38.8 Å². The summed E-state index contributed by atoms with van der Waals surface area (Å²) in [5.41, 5.74) is -2.56. The highest BCUT2D eigenvalue weighted by molar-refractivity contribution is 5.94. The lowest BCUT2D eigenvalue weighted by Gasteiger charge is -2.25. The van der Waals surface area contributed by atoms with Gasteiger partial charge in [-0.3, -0.25) is 9.59 Å². The van der Waals surface area contributed by atoms with E-state index >= 15 is 0 Å². The fourth-order valence-electron chi connectivity index (χ4n) is 4.43. The number of hydrogen-bond donors (Lipinski definition) is 3. The predicted molar refractivity (Wildman–Crippen MR) is 154 cm³/mol. The summed E-state index contributed by atoms with van der Waals surface area (Å²) in [6.45, 7) is 12.9. The van der Waals surface area contributed by atoms with E-state index in [9.17, 15) is 29.5 Å². The maximum absolute atomic E-state index is 13.1. The Bertz CT molecular complexity index is 1430. The van der Waals surface area contributed by atoms with E-state index < -0.39 is 66.1 Å². The summed E-state index contributed by atoms with van der Waals surface area (Å²) >= 11 is 0. The minimum atomic E-state index is -2.14. The number of aliphatic hydroxyl groups is 1. The van der Waals surface area contributed by atoms with Crippen LogP contribution in [0.4, 0.5) is 10.6 Å². The zero-order valence-electron chi connectivity index (χ0n) is 26.1. The standard InChI is InChI=1S/C29H40N6O9/c1-9-20(36)42-22-18(12-41-26(39)21(15(2)3)33-27(40)44-28(6,7)8)43-29(13-30,23(22)37)19-11-10-17-24(31-14-32-35(17)19)34-25(38)16(4)5/h10-11,14-16,18,21-23,37H,9,12H2,1-8H3,(H,33,40)(H,31,32,34,38)/t18-,21+,22-,23-,29+/m1/s1. The van der Waals surface area contributed by atoms with Gasteiger partial charge in [0.2, 0.25) is 11.5 Å². The molecular formula is C29H40N6O9. The molecular weight excluding hydrogens is 576 g/mol. The van der Waals surface area contributed by atoms with Crippen LogP contribution in [0.2, 0.25) is 0 Å². The van der Waals surface area contributed by atoms with Crippen molar-refractivity contribution in [3.8, 4) is 6.07 Å². The molecule has 0 unspecified atom stereocenters. The first-order valence-electron chi connectivity index (χ1n) is 14.3. The van der Waals surface area contributed by atoms with Crippen LogP contribution < -0.4 is 10.6 Å². The third-order valence-corrected chi connectivity index (χ3v) is 6.73. The van der Waals surface area contributed by atoms with Crippen LogP contribution in [-0.2, 0) is 38.9 Å². The monoisotopic (exact) mass is 616 g/mol. The number of esters is 2. The second-order valence-electron chi connectivity index (χ2n) is 12.0. The second-order valence-corrected chi connectivity index (χ2v) is 12.0. The maximum Gasteiger partial charge on any atom is 0.408 e. The molecule has 0 aliphatic carbocycles. The second kappa shape index (κ2) is 13.6. The number of carbonyl (C=O) groups excluding carboxylic acids is 4. The molecule has 2 aromatic heterocycles. The summed E-state index contributed by atoms with van der Waals surface area (Å²) < 4.78 is 23.5. The number of aliphatic hydroxyl groups excluding tert-OH is 1. The lowest BCUT2D eigenvalue weighted by atomic mass is 9.92. The van der Waals surface area contributed by atoms with E-state index in [1.807, 2.05) is 6.07 Å². The molecule has 3 heterocycles. The normalized spacial score (nSPS) is 22.4. The van der Waals surface area contributed by atoms with Gasteiger partial charge in [-0.25, -0.2) is 19.1 Å². The van der Waals surface area contributed by atoms with Crippen LogP contribution in [0.25, 0.3) is 5.52 Å². The Morgan fingerprint density at radius 3 is 2.45 bits per heavy atom. The number of amides is 2. The van der Waals surface area contributed by atoms with Gasteiger partial charge in [0.1, 0.15) is 48.4 Å². The summed E-state index contributed by atoms with van der Waals surface area (Å²) in [6, 6.07) is 3.89. The number of nitrogens with one attached hydrogen (secondary N) is 2. The Kier molecular flexibility index (Phi) is 10.5. The molecule has 1 aliphatic heterocycles. The zero-order valence-corrected chi connectivity index (χ0v) is 26.1. The van der Waals surface area contributed by atoms with Crippen molar-refractivity contribution in [3.05, 3.63) is 24.2 Å². The van der Waals surface area contributed by atoms with Crippen molar-refractivity contribution < 1.29 is 43.2 Å². The summed E-state index contributed by atoms with van der Waals surface area (Å²) in [5, 5.41) is 31.2. The van der Waals surface area contributed by atoms with E-state index in [1.165, 1.54) is 16.6 Å². The van der Waals surface area contributed by atoms with Crippen LogP contribution in [-0.4, -0.2) is 80.2 Å². The van der Waals surface area contributed by atoms with Crippen LogP contribution >= 0.6 is 0 Å². The summed E-state index contributed by atoms with van der Waals surface area (Å²) in [5.74, 6) is -2.37. The molecule has 0 spiro atoms. The van der Waals surface area contributed by atoms with Gasteiger partial charge in [-0.2, -0.15) is 10.4 Å². The van der Waals surface area contributed by atoms with Gasteiger partial charge in [0.05, 0.1) is 5.69 Å². The molecule has 0 saturated carbocycles. The van der Waals surface area contributed by atoms with E-state index in [4.69, 9.17) is 18.9 Å². The van der Waals surface area contributed by atoms with Gasteiger partial charge in [0.15, 0.2) is 11.9 Å². The molecule has 5 atom stereocenters.